The van der Waals surface area contributed by atoms with Crippen molar-refractivity contribution in [1.29, 1.82) is 0 Å². The lowest BCUT2D eigenvalue weighted by molar-refractivity contribution is -0.258. The third-order valence-corrected chi connectivity index (χ3v) is 4.74. The zero-order chi connectivity index (χ0) is 17.4. The monoisotopic (exact) mass is 328 g/mol. The molecule has 0 heterocycles. The average molecular weight is 329 g/mol. The molecule has 0 N–H and O–H groups in total. The molecule has 0 aromatic heterocycles. The van der Waals surface area contributed by atoms with Crippen molar-refractivity contribution in [2.45, 2.75) is 117 Å². The Hall–Kier alpha value is -0.0800. The highest BCUT2D eigenvalue weighted by Crippen LogP contribution is 2.33. The van der Waals surface area contributed by atoms with Gasteiger partial charge in [0.25, 0.3) is 0 Å². The van der Waals surface area contributed by atoms with Crippen LogP contribution in [0.5, 0.6) is 0 Å². The summed E-state index contributed by atoms with van der Waals surface area (Å²) in [5.41, 5.74) is 0. The van der Waals surface area contributed by atoms with Gasteiger partial charge in [0.2, 0.25) is 0 Å². The maximum atomic E-state index is 6.21. The summed E-state index contributed by atoms with van der Waals surface area (Å²) in [4.78, 5) is 0. The van der Waals surface area contributed by atoms with Crippen molar-refractivity contribution in [3.8, 4) is 0 Å². The van der Waals surface area contributed by atoms with E-state index in [0.29, 0.717) is 5.92 Å². The Morgan fingerprint density at radius 1 is 0.609 bits per heavy atom. The van der Waals surface area contributed by atoms with Gasteiger partial charge in [0, 0.05) is 19.1 Å². The second-order valence-corrected chi connectivity index (χ2v) is 7.11. The molecule has 1 atom stereocenters. The lowest BCUT2D eigenvalue weighted by atomic mass is 9.88. The van der Waals surface area contributed by atoms with E-state index in [1.807, 2.05) is 0 Å². The summed E-state index contributed by atoms with van der Waals surface area (Å²) < 4.78 is 12.4. The summed E-state index contributed by atoms with van der Waals surface area (Å²) >= 11 is 0. The number of hydrogen-bond donors (Lipinski definition) is 0. The highest BCUT2D eigenvalue weighted by Gasteiger charge is 2.35. The second kappa shape index (κ2) is 15.4. The maximum Gasteiger partial charge on any atom is 0.168 e. The number of ether oxygens (including phenoxy) is 2. The Kier molecular flexibility index (Phi) is 15.4. The van der Waals surface area contributed by atoms with Gasteiger partial charge in [-0.05, 0) is 32.6 Å². The quantitative estimate of drug-likeness (QED) is 0.209. The van der Waals surface area contributed by atoms with E-state index in [-0.39, 0.29) is 5.79 Å². The minimum Gasteiger partial charge on any atom is -0.350 e. The molecular weight excluding hydrogens is 284 g/mol. The molecule has 140 valence electrons. The second-order valence-electron chi connectivity index (χ2n) is 7.11. The van der Waals surface area contributed by atoms with Crippen molar-refractivity contribution in [2.75, 3.05) is 13.2 Å². The third kappa shape index (κ3) is 11.2. The average Bonchev–Trinajstić information content (AvgIpc) is 2.56. The zero-order valence-electron chi connectivity index (χ0n) is 16.8. The van der Waals surface area contributed by atoms with Crippen LogP contribution < -0.4 is 0 Å². The Morgan fingerprint density at radius 2 is 1.09 bits per heavy atom. The lowest BCUT2D eigenvalue weighted by Gasteiger charge is -2.38. The zero-order valence-corrected chi connectivity index (χ0v) is 16.8. The van der Waals surface area contributed by atoms with Crippen LogP contribution in [0.25, 0.3) is 0 Å². The molecular formula is C21H44O2. The van der Waals surface area contributed by atoms with E-state index in [9.17, 15) is 0 Å². The molecule has 0 radical (unpaired) electrons. The van der Waals surface area contributed by atoms with Crippen LogP contribution in [0.15, 0.2) is 0 Å². The molecule has 0 spiro atoms. The van der Waals surface area contributed by atoms with Gasteiger partial charge in [-0.15, -0.1) is 0 Å². The minimum atomic E-state index is -0.384. The summed E-state index contributed by atoms with van der Waals surface area (Å²) in [5.74, 6) is 0.150. The first-order valence-corrected chi connectivity index (χ1v) is 10.4. The molecule has 2 nitrogen and oxygen atoms in total. The summed E-state index contributed by atoms with van der Waals surface area (Å²) in [7, 11) is 0. The van der Waals surface area contributed by atoms with E-state index in [4.69, 9.17) is 9.47 Å². The number of unbranched alkanes of at least 4 members (excludes halogenated alkanes) is 6. The van der Waals surface area contributed by atoms with Gasteiger partial charge in [-0.1, -0.05) is 79.1 Å². The first-order chi connectivity index (χ1) is 11.1. The predicted molar refractivity (Wildman–Crippen MR) is 102 cm³/mol. The smallest absolute Gasteiger partial charge is 0.168 e. The molecule has 0 aliphatic carbocycles. The van der Waals surface area contributed by atoms with Crippen molar-refractivity contribution < 1.29 is 9.47 Å². The Morgan fingerprint density at radius 3 is 1.61 bits per heavy atom. The Bertz CT molecular complexity index is 232. The van der Waals surface area contributed by atoms with Gasteiger partial charge in [0.15, 0.2) is 5.79 Å². The standard InChI is InChI=1S/C21H44O2/c1-6-10-12-13-14-15-17-20(16-11-7-2)21(5,22-18-8-3)23-19-9-4/h20H,6-19H2,1-5H3. The van der Waals surface area contributed by atoms with Crippen molar-refractivity contribution in [3.63, 3.8) is 0 Å². The third-order valence-electron chi connectivity index (χ3n) is 4.74. The molecule has 2 heteroatoms. The molecule has 23 heavy (non-hydrogen) atoms. The van der Waals surface area contributed by atoms with Crippen molar-refractivity contribution in [3.05, 3.63) is 0 Å². The van der Waals surface area contributed by atoms with Crippen molar-refractivity contribution in [1.82, 2.24) is 0 Å². The largest absolute Gasteiger partial charge is 0.350 e. The topological polar surface area (TPSA) is 18.5 Å². The minimum absolute atomic E-state index is 0.384. The molecule has 1 unspecified atom stereocenters. The normalized spacial score (nSPS) is 13.4. The fourth-order valence-corrected chi connectivity index (χ4v) is 3.18. The number of hydrogen-bond acceptors (Lipinski definition) is 2. The van der Waals surface area contributed by atoms with E-state index in [0.717, 1.165) is 26.1 Å². The van der Waals surface area contributed by atoms with Gasteiger partial charge in [-0.2, -0.15) is 0 Å². The van der Waals surface area contributed by atoms with Crippen LogP contribution >= 0.6 is 0 Å². The first kappa shape index (κ1) is 22.9. The fourth-order valence-electron chi connectivity index (χ4n) is 3.18. The van der Waals surface area contributed by atoms with Crippen LogP contribution in [0.3, 0.4) is 0 Å². The molecule has 0 aromatic rings. The van der Waals surface area contributed by atoms with Gasteiger partial charge in [-0.25, -0.2) is 0 Å². The molecule has 0 aliphatic rings. The molecule has 0 saturated heterocycles. The summed E-state index contributed by atoms with van der Waals surface area (Å²) in [5, 5.41) is 0. The lowest BCUT2D eigenvalue weighted by Crippen LogP contribution is -2.41. The molecule has 0 fully saturated rings. The molecule has 0 aliphatic heterocycles. The van der Waals surface area contributed by atoms with Crippen LogP contribution in [-0.4, -0.2) is 19.0 Å². The number of rotatable bonds is 17. The molecule has 0 saturated carbocycles. The molecule has 0 bridgehead atoms. The van der Waals surface area contributed by atoms with Crippen LogP contribution in [0.4, 0.5) is 0 Å². The Labute approximate surface area is 146 Å². The SMILES string of the molecule is CCCCCCCCC(CCCC)C(C)(OCCC)OCCC. The van der Waals surface area contributed by atoms with Gasteiger partial charge in [-0.3, -0.25) is 0 Å². The van der Waals surface area contributed by atoms with E-state index < -0.39 is 0 Å². The Balaban J connectivity index is 4.50. The van der Waals surface area contributed by atoms with E-state index in [1.54, 1.807) is 0 Å². The van der Waals surface area contributed by atoms with Crippen molar-refractivity contribution in [2.24, 2.45) is 5.92 Å². The van der Waals surface area contributed by atoms with Gasteiger partial charge >= 0.3 is 0 Å². The molecule has 0 amide bonds. The fraction of sp³-hybridized carbons (Fsp3) is 1.00. The summed E-state index contributed by atoms with van der Waals surface area (Å²) in [6.07, 6.45) is 15.3. The molecule has 0 aromatic carbocycles. The van der Waals surface area contributed by atoms with Gasteiger partial charge in [0.05, 0.1) is 0 Å². The van der Waals surface area contributed by atoms with E-state index in [2.05, 4.69) is 34.6 Å². The van der Waals surface area contributed by atoms with Crippen molar-refractivity contribution >= 4 is 0 Å². The van der Waals surface area contributed by atoms with Crippen LogP contribution in [-0.2, 0) is 9.47 Å². The highest BCUT2D eigenvalue weighted by molar-refractivity contribution is 4.76. The van der Waals surface area contributed by atoms with E-state index >= 15 is 0 Å². The highest BCUT2D eigenvalue weighted by atomic mass is 16.7. The van der Waals surface area contributed by atoms with Gasteiger partial charge < -0.3 is 9.47 Å². The van der Waals surface area contributed by atoms with E-state index in [1.165, 1.54) is 64.2 Å². The predicted octanol–water partition coefficient (Wildman–Crippen LogP) is 7.11. The van der Waals surface area contributed by atoms with Crippen LogP contribution in [0.1, 0.15) is 112 Å². The van der Waals surface area contributed by atoms with Crippen LogP contribution in [0.2, 0.25) is 0 Å². The summed E-state index contributed by atoms with van der Waals surface area (Å²) in [6, 6.07) is 0. The first-order valence-electron chi connectivity index (χ1n) is 10.4. The maximum absolute atomic E-state index is 6.21. The molecule has 0 rings (SSSR count). The summed E-state index contributed by atoms with van der Waals surface area (Å²) in [6.45, 7) is 12.7. The van der Waals surface area contributed by atoms with Gasteiger partial charge in [0.1, 0.15) is 0 Å². The van der Waals surface area contributed by atoms with Crippen LogP contribution in [0, 0.1) is 5.92 Å².